The van der Waals surface area contributed by atoms with E-state index in [1.54, 1.807) is 0 Å². The Bertz CT molecular complexity index is 265. The summed E-state index contributed by atoms with van der Waals surface area (Å²) < 4.78 is 0. The molecule has 0 spiro atoms. The topological polar surface area (TPSA) is 108 Å². The molecule has 0 aromatic carbocycles. The first-order valence-electron chi connectivity index (χ1n) is 4.63. The molecule has 0 fully saturated rings. The van der Waals surface area contributed by atoms with Crippen molar-refractivity contribution >= 4 is 30.4 Å². The second-order valence-corrected chi connectivity index (χ2v) is 3.29. The monoisotopic (exact) mass is 348 g/mol. The summed E-state index contributed by atoms with van der Waals surface area (Å²) in [4.78, 5) is 32.2. The number of carboxylic acid groups (broad SMARTS) is 1. The molecule has 99 valence electrons. The van der Waals surface area contributed by atoms with Crippen LogP contribution in [0.1, 0.15) is 0 Å². The van der Waals surface area contributed by atoms with Gasteiger partial charge in [-0.2, -0.15) is 12.6 Å². The van der Waals surface area contributed by atoms with Gasteiger partial charge in [0.2, 0.25) is 11.8 Å². The van der Waals surface area contributed by atoms with Crippen LogP contribution in [0.2, 0.25) is 0 Å². The number of carbonyl (C=O) groups excluding carboxylic acids is 2. The van der Waals surface area contributed by atoms with Crippen LogP contribution in [0.15, 0.2) is 0 Å². The summed E-state index contributed by atoms with van der Waals surface area (Å²) in [5.74, 6) is -1.25. The van der Waals surface area contributed by atoms with Gasteiger partial charge in [-0.1, -0.05) is 0 Å². The van der Waals surface area contributed by atoms with Gasteiger partial charge in [-0.3, -0.25) is 19.7 Å². The fourth-order valence-electron chi connectivity index (χ4n) is 0.782. The van der Waals surface area contributed by atoms with Gasteiger partial charge in [0, 0.05) is 32.4 Å². The maximum atomic E-state index is 11.0. The molecule has 7 nitrogen and oxygen atoms in total. The zero-order valence-corrected chi connectivity index (χ0v) is 11.8. The summed E-state index contributed by atoms with van der Waals surface area (Å²) in [6.07, 6.45) is 0. The van der Waals surface area contributed by atoms with Crippen LogP contribution < -0.4 is 16.0 Å². The minimum atomic E-state index is -1.04. The fraction of sp³-hybridized carbons (Fsp3) is 0.625. The maximum absolute atomic E-state index is 11.0. The molecule has 4 N–H and O–H groups in total. The summed E-state index contributed by atoms with van der Waals surface area (Å²) in [5, 5.41) is 15.5. The fourth-order valence-corrected chi connectivity index (χ4v) is 0.894. The Morgan fingerprint density at radius 1 is 1.00 bits per heavy atom. The van der Waals surface area contributed by atoms with E-state index in [1.165, 1.54) is 0 Å². The standard InChI is InChI=1S/C8H15N3O4S.Tc/c12-6(3-9-5-8(14)15)11-4-7(13)10-1-2-16;/h9,16H,1-5H2,(H,10,13)(H,11,12)(H,14,15);/i;1+1. The molecule has 17 heavy (non-hydrogen) atoms. The van der Waals surface area contributed by atoms with E-state index in [-0.39, 0.29) is 45.6 Å². The number of hydrogen-bond acceptors (Lipinski definition) is 5. The molecular weight excluding hydrogens is 333 g/mol. The van der Waals surface area contributed by atoms with E-state index in [2.05, 4.69) is 28.6 Å². The number of aliphatic carboxylic acids is 1. The number of carboxylic acids is 1. The van der Waals surface area contributed by atoms with Crippen LogP contribution in [0.25, 0.3) is 0 Å². The van der Waals surface area contributed by atoms with Crippen LogP contribution in [0.3, 0.4) is 0 Å². The summed E-state index contributed by atoms with van der Waals surface area (Å²) in [7, 11) is 0. The van der Waals surface area contributed by atoms with Crippen molar-refractivity contribution in [3.05, 3.63) is 0 Å². The molecule has 0 rings (SSSR count). The molecule has 0 aliphatic rings. The summed E-state index contributed by atoms with van der Waals surface area (Å²) in [6, 6.07) is 0. The molecule has 1 radical (unpaired) electrons. The number of nitrogens with one attached hydrogen (secondary N) is 3. The Morgan fingerprint density at radius 3 is 2.12 bits per heavy atom. The quantitative estimate of drug-likeness (QED) is 0.321. The van der Waals surface area contributed by atoms with E-state index in [9.17, 15) is 14.4 Å². The molecule has 0 saturated carbocycles. The van der Waals surface area contributed by atoms with Gasteiger partial charge in [0.1, 0.15) is 0 Å². The van der Waals surface area contributed by atoms with Crippen LogP contribution in [-0.4, -0.2) is 54.8 Å². The zero-order chi connectivity index (χ0) is 12.4. The van der Waals surface area contributed by atoms with Crippen LogP contribution in [-0.2, 0) is 34.5 Å². The Labute approximate surface area is 118 Å². The summed E-state index contributed by atoms with van der Waals surface area (Å²) in [6.45, 7) is -0.109. The second kappa shape index (κ2) is 11.8. The molecular formula is C8H15N3O4STc. The Hall–Kier alpha value is -0.631. The first kappa shape index (κ1) is 18.7. The maximum Gasteiger partial charge on any atom is 0.317 e. The van der Waals surface area contributed by atoms with Crippen molar-refractivity contribution in [1.29, 1.82) is 0 Å². The summed E-state index contributed by atoms with van der Waals surface area (Å²) >= 11 is 3.90. The normalized spacial score (nSPS) is 9.00. The van der Waals surface area contributed by atoms with Gasteiger partial charge >= 0.3 is 5.97 Å². The van der Waals surface area contributed by atoms with Gasteiger partial charge in [-0.05, 0) is 0 Å². The van der Waals surface area contributed by atoms with E-state index in [1.807, 2.05) is 0 Å². The predicted molar refractivity (Wildman–Crippen MR) is 60.4 cm³/mol. The number of amides is 2. The van der Waals surface area contributed by atoms with Crippen LogP contribution in [0.5, 0.6) is 0 Å². The van der Waals surface area contributed by atoms with Gasteiger partial charge in [-0.15, -0.1) is 0 Å². The predicted octanol–water partition coefficient (Wildman–Crippen LogP) is -2.18. The van der Waals surface area contributed by atoms with Crippen molar-refractivity contribution in [2.24, 2.45) is 0 Å². The van der Waals surface area contributed by atoms with E-state index >= 15 is 0 Å². The van der Waals surface area contributed by atoms with Crippen LogP contribution >= 0.6 is 12.6 Å². The first-order valence-corrected chi connectivity index (χ1v) is 5.26. The van der Waals surface area contributed by atoms with Crippen molar-refractivity contribution in [2.45, 2.75) is 0 Å². The molecule has 0 unspecified atom stereocenters. The van der Waals surface area contributed by atoms with E-state index in [4.69, 9.17) is 5.11 Å². The molecule has 0 aliphatic carbocycles. The average Bonchev–Trinajstić information content (AvgIpc) is 2.23. The Morgan fingerprint density at radius 2 is 1.59 bits per heavy atom. The molecule has 0 heterocycles. The van der Waals surface area contributed by atoms with Crippen molar-refractivity contribution in [2.75, 3.05) is 31.9 Å². The van der Waals surface area contributed by atoms with Gasteiger partial charge < -0.3 is 15.7 Å². The summed E-state index contributed by atoms with van der Waals surface area (Å²) in [5.41, 5.74) is 0. The zero-order valence-electron chi connectivity index (χ0n) is 9.03. The number of hydrogen-bond donors (Lipinski definition) is 5. The van der Waals surface area contributed by atoms with E-state index in [0.717, 1.165) is 0 Å². The second-order valence-electron chi connectivity index (χ2n) is 2.85. The Kier molecular flexibility index (Phi) is 13.0. The smallest absolute Gasteiger partial charge is 0.317 e. The molecule has 0 aromatic rings. The van der Waals surface area contributed by atoms with E-state index < -0.39 is 11.9 Å². The first-order chi connectivity index (χ1) is 7.56. The van der Waals surface area contributed by atoms with Crippen LogP contribution in [0, 0.1) is 0 Å². The SMILES string of the molecule is O=C(O)CNCC(=O)NCC(=O)NCCS.[99Tc]. The Balaban J connectivity index is 0. The van der Waals surface area contributed by atoms with Crippen molar-refractivity contribution in [3.8, 4) is 0 Å². The molecule has 0 atom stereocenters. The van der Waals surface area contributed by atoms with E-state index in [0.29, 0.717) is 12.3 Å². The molecule has 0 saturated heterocycles. The minimum Gasteiger partial charge on any atom is -0.480 e. The van der Waals surface area contributed by atoms with Crippen LogP contribution in [0.4, 0.5) is 0 Å². The average molecular weight is 348 g/mol. The third-order valence-electron chi connectivity index (χ3n) is 1.44. The number of rotatable bonds is 8. The van der Waals surface area contributed by atoms with Gasteiger partial charge in [0.25, 0.3) is 0 Å². The van der Waals surface area contributed by atoms with Gasteiger partial charge in [0.15, 0.2) is 0 Å². The van der Waals surface area contributed by atoms with Gasteiger partial charge in [0.05, 0.1) is 19.6 Å². The van der Waals surface area contributed by atoms with Crippen molar-refractivity contribution in [1.82, 2.24) is 16.0 Å². The number of carbonyl (C=O) groups is 3. The van der Waals surface area contributed by atoms with Crippen molar-refractivity contribution in [3.63, 3.8) is 0 Å². The largest absolute Gasteiger partial charge is 0.480 e. The molecule has 0 bridgehead atoms. The van der Waals surface area contributed by atoms with Gasteiger partial charge in [-0.25, -0.2) is 0 Å². The molecule has 9 heteroatoms. The third-order valence-corrected chi connectivity index (χ3v) is 1.67. The number of thiol groups is 1. The molecule has 0 aliphatic heterocycles. The minimum absolute atomic E-state index is 0. The molecule has 2 amide bonds. The third kappa shape index (κ3) is 13.3. The molecule has 0 aromatic heterocycles. The van der Waals surface area contributed by atoms with Crippen molar-refractivity contribution < 1.29 is 39.6 Å².